The maximum Gasteiger partial charge on any atom is 0.223 e. The summed E-state index contributed by atoms with van der Waals surface area (Å²) in [5.41, 5.74) is 1.76. The number of rotatable bonds is 8. The molecule has 38 heavy (non-hydrogen) atoms. The number of benzene rings is 3. The number of carbonyl (C=O) groups is 1. The van der Waals surface area contributed by atoms with Crippen molar-refractivity contribution in [2.24, 2.45) is 11.4 Å². The Hall–Kier alpha value is -3.36. The summed E-state index contributed by atoms with van der Waals surface area (Å²) in [4.78, 5) is 13.7. The molecule has 0 aliphatic carbocycles. The summed E-state index contributed by atoms with van der Waals surface area (Å²) in [7, 11) is -0.742. The third kappa shape index (κ3) is 5.42. The molecular weight excluding hydrogens is 522 g/mol. The van der Waals surface area contributed by atoms with E-state index in [1.165, 1.54) is 10.9 Å². The number of aryl methyl sites for hydroxylation is 1. The second-order valence-corrected chi connectivity index (χ2v) is 12.2. The van der Waals surface area contributed by atoms with Crippen molar-refractivity contribution in [3.63, 3.8) is 0 Å². The number of hydrogen-bond acceptors (Lipinski definition) is 6. The maximum atomic E-state index is 13.7. The minimum Gasteiger partial charge on any atom is -0.492 e. The zero-order valence-electron chi connectivity index (χ0n) is 21.5. The lowest BCUT2D eigenvalue weighted by Crippen LogP contribution is -2.16. The first kappa shape index (κ1) is 26.3. The summed E-state index contributed by atoms with van der Waals surface area (Å²) >= 11 is 6.78. The van der Waals surface area contributed by atoms with Gasteiger partial charge in [0.05, 0.1) is 27.6 Å². The van der Waals surface area contributed by atoms with Gasteiger partial charge in [-0.25, -0.2) is 8.89 Å². The van der Waals surface area contributed by atoms with Crippen LogP contribution >= 0.6 is 11.6 Å². The summed E-state index contributed by atoms with van der Waals surface area (Å²) in [5, 5.41) is 6.65. The third-order valence-corrected chi connectivity index (χ3v) is 9.38. The van der Waals surface area contributed by atoms with E-state index in [2.05, 4.69) is 27.7 Å². The van der Waals surface area contributed by atoms with E-state index in [9.17, 15) is 9.00 Å². The number of nitrogens with zero attached hydrogens (tertiary/aromatic N) is 3. The SMILES string of the molecule is CCOc1ccc(C(=O)c2cnn(C)c2OCc2ccc3ccccc3c2)c(Cl)c1N=S1(=O)CCCCC1. The molecule has 1 aliphatic heterocycles. The molecule has 9 heteroatoms. The van der Waals surface area contributed by atoms with Gasteiger partial charge in [0.1, 0.15) is 23.6 Å². The zero-order chi connectivity index (χ0) is 26.7. The number of carbonyl (C=O) groups excluding carboxylic acids is 1. The highest BCUT2D eigenvalue weighted by Gasteiger charge is 2.25. The van der Waals surface area contributed by atoms with Crippen LogP contribution < -0.4 is 9.47 Å². The highest BCUT2D eigenvalue weighted by Crippen LogP contribution is 2.41. The van der Waals surface area contributed by atoms with E-state index >= 15 is 0 Å². The summed E-state index contributed by atoms with van der Waals surface area (Å²) in [6.07, 6.45) is 4.23. The van der Waals surface area contributed by atoms with Crippen molar-refractivity contribution in [3.05, 3.63) is 82.5 Å². The predicted molar refractivity (Wildman–Crippen MR) is 151 cm³/mol. The van der Waals surface area contributed by atoms with Gasteiger partial charge >= 0.3 is 0 Å². The van der Waals surface area contributed by atoms with Crippen LogP contribution in [0.1, 0.15) is 47.7 Å². The molecule has 0 atom stereocenters. The van der Waals surface area contributed by atoms with Gasteiger partial charge in [-0.15, -0.1) is 0 Å². The molecule has 0 bridgehead atoms. The fraction of sp³-hybridized carbons (Fsp3) is 0.310. The van der Waals surface area contributed by atoms with Crippen LogP contribution in [0.4, 0.5) is 5.69 Å². The fourth-order valence-electron chi connectivity index (χ4n) is 4.65. The van der Waals surface area contributed by atoms with Gasteiger partial charge in [0.25, 0.3) is 0 Å². The number of ketones is 1. The average Bonchev–Trinajstić information content (AvgIpc) is 3.29. The molecule has 7 nitrogen and oxygen atoms in total. The summed E-state index contributed by atoms with van der Waals surface area (Å²) in [5.74, 6) is 1.44. The Morgan fingerprint density at radius 3 is 2.55 bits per heavy atom. The Morgan fingerprint density at radius 2 is 1.79 bits per heavy atom. The van der Waals surface area contributed by atoms with Gasteiger partial charge in [0.2, 0.25) is 11.7 Å². The first-order valence-electron chi connectivity index (χ1n) is 12.7. The Kier molecular flexibility index (Phi) is 7.72. The van der Waals surface area contributed by atoms with E-state index in [1.54, 1.807) is 19.2 Å². The molecule has 1 aromatic heterocycles. The van der Waals surface area contributed by atoms with Crippen LogP contribution in [0.2, 0.25) is 5.02 Å². The van der Waals surface area contributed by atoms with Crippen molar-refractivity contribution in [2.75, 3.05) is 18.1 Å². The van der Waals surface area contributed by atoms with Gasteiger partial charge in [-0.05, 0) is 54.3 Å². The van der Waals surface area contributed by atoms with Crippen molar-refractivity contribution in [3.8, 4) is 11.6 Å². The molecule has 0 amide bonds. The molecule has 2 heterocycles. The average molecular weight is 552 g/mol. The highest BCUT2D eigenvalue weighted by molar-refractivity contribution is 7.93. The van der Waals surface area contributed by atoms with Gasteiger partial charge in [-0.2, -0.15) is 9.46 Å². The van der Waals surface area contributed by atoms with Gasteiger partial charge in [0.15, 0.2) is 0 Å². The molecule has 198 valence electrons. The Bertz CT molecular complexity index is 1610. The van der Waals surface area contributed by atoms with Gasteiger partial charge in [0, 0.05) is 24.1 Å². The monoisotopic (exact) mass is 551 g/mol. The van der Waals surface area contributed by atoms with Crippen molar-refractivity contribution < 1.29 is 18.5 Å². The van der Waals surface area contributed by atoms with Crippen LogP contribution in [0.3, 0.4) is 0 Å². The zero-order valence-corrected chi connectivity index (χ0v) is 23.1. The smallest absolute Gasteiger partial charge is 0.223 e. The summed E-state index contributed by atoms with van der Waals surface area (Å²) < 4.78 is 31.4. The van der Waals surface area contributed by atoms with Gasteiger partial charge in [-0.3, -0.25) is 4.79 Å². The maximum absolute atomic E-state index is 13.7. The predicted octanol–water partition coefficient (Wildman–Crippen LogP) is 6.72. The van der Waals surface area contributed by atoms with E-state index in [4.69, 9.17) is 21.1 Å². The van der Waals surface area contributed by atoms with Crippen LogP contribution in [0.25, 0.3) is 10.8 Å². The Labute approximate surface area is 227 Å². The van der Waals surface area contributed by atoms with E-state index < -0.39 is 9.73 Å². The van der Waals surface area contributed by atoms with Crippen molar-refractivity contribution in [1.29, 1.82) is 0 Å². The highest BCUT2D eigenvalue weighted by atomic mass is 35.5. The first-order valence-corrected chi connectivity index (χ1v) is 15.0. The van der Waals surface area contributed by atoms with Crippen molar-refractivity contribution in [2.45, 2.75) is 32.8 Å². The van der Waals surface area contributed by atoms with E-state index in [-0.39, 0.29) is 34.2 Å². The van der Waals surface area contributed by atoms with E-state index in [1.807, 2.05) is 31.2 Å². The molecule has 0 N–H and O–H groups in total. The van der Waals surface area contributed by atoms with Gasteiger partial charge in [-0.1, -0.05) is 54.4 Å². The fourth-order valence-corrected chi connectivity index (χ4v) is 7.19. The summed E-state index contributed by atoms with van der Waals surface area (Å²) in [6.45, 7) is 2.51. The molecule has 0 spiro atoms. The number of fused-ring (bicyclic) bond motifs is 1. The van der Waals surface area contributed by atoms with Crippen LogP contribution in [0, 0.1) is 0 Å². The lowest BCUT2D eigenvalue weighted by Gasteiger charge is -2.17. The molecule has 1 aliphatic rings. The molecule has 3 aromatic carbocycles. The van der Waals surface area contributed by atoms with Crippen LogP contribution in [-0.4, -0.2) is 37.9 Å². The van der Waals surface area contributed by atoms with E-state index in [0.29, 0.717) is 29.7 Å². The number of halogens is 1. The molecule has 4 aromatic rings. The first-order chi connectivity index (χ1) is 18.4. The molecule has 0 saturated carbocycles. The lowest BCUT2D eigenvalue weighted by atomic mass is 10.0. The largest absolute Gasteiger partial charge is 0.492 e. The topological polar surface area (TPSA) is 82.8 Å². The molecule has 0 unspecified atom stereocenters. The number of aromatic nitrogens is 2. The van der Waals surface area contributed by atoms with Gasteiger partial charge < -0.3 is 9.47 Å². The summed E-state index contributed by atoms with van der Waals surface area (Å²) in [6, 6.07) is 17.5. The number of hydrogen-bond donors (Lipinski definition) is 0. The number of ether oxygens (including phenoxy) is 2. The van der Waals surface area contributed by atoms with Crippen molar-refractivity contribution in [1.82, 2.24) is 9.78 Å². The second kappa shape index (κ2) is 11.2. The third-order valence-electron chi connectivity index (χ3n) is 6.63. The molecule has 0 radical (unpaired) electrons. The molecule has 1 fully saturated rings. The quantitative estimate of drug-likeness (QED) is 0.227. The van der Waals surface area contributed by atoms with Crippen LogP contribution in [-0.2, 0) is 23.4 Å². The molecular formula is C29H30ClN3O4S. The van der Waals surface area contributed by atoms with Crippen molar-refractivity contribution >= 4 is 43.6 Å². The standard InChI is InChI=1S/C29H30ClN3O4S/c1-3-36-25-14-13-23(26(30)27(25)32-38(35)15-7-4-8-16-38)28(34)24-18-31-33(2)29(24)37-19-20-11-12-21-9-5-6-10-22(21)17-20/h5-6,9-14,17-18H,3-4,7-8,15-16,19H2,1-2H3. The van der Waals surface area contributed by atoms with Crippen LogP contribution in [0.15, 0.2) is 65.2 Å². The second-order valence-electron chi connectivity index (χ2n) is 9.33. The normalized spacial score (nSPS) is 14.8. The molecule has 1 saturated heterocycles. The Morgan fingerprint density at radius 1 is 1.03 bits per heavy atom. The lowest BCUT2D eigenvalue weighted by molar-refractivity contribution is 0.103. The minimum atomic E-state index is -2.46. The van der Waals surface area contributed by atoms with E-state index in [0.717, 1.165) is 35.6 Å². The minimum absolute atomic E-state index is 0.124. The Balaban J connectivity index is 1.47. The van der Waals surface area contributed by atoms with Crippen LogP contribution in [0.5, 0.6) is 11.6 Å². The molecule has 5 rings (SSSR count).